The average molecular weight is 293 g/mol. The number of carbonyl (C=O) groups excluding carboxylic acids is 1. The fraction of sp³-hybridized carbons (Fsp3) is 0.692. The maximum atomic E-state index is 11.3. The summed E-state index contributed by atoms with van der Waals surface area (Å²) >= 11 is 3.45. The summed E-state index contributed by atoms with van der Waals surface area (Å²) in [6, 6.07) is 0. The number of esters is 1. The van der Waals surface area contributed by atoms with Crippen LogP contribution in [0.2, 0.25) is 5.09 Å². The molecule has 0 aromatic carbocycles. The fourth-order valence-corrected chi connectivity index (χ4v) is 2.36. The van der Waals surface area contributed by atoms with E-state index < -0.39 is 6.29 Å². The predicted octanol–water partition coefficient (Wildman–Crippen LogP) is 2.74. The van der Waals surface area contributed by atoms with Gasteiger partial charge in [0, 0.05) is 0 Å². The van der Waals surface area contributed by atoms with Gasteiger partial charge in [0.15, 0.2) is 0 Å². The monoisotopic (exact) mass is 293 g/mol. The molecule has 108 valence electrons. The zero-order chi connectivity index (χ0) is 14.8. The molecule has 0 N–H and O–H groups in total. The van der Waals surface area contributed by atoms with Crippen LogP contribution in [0.25, 0.3) is 0 Å². The van der Waals surface area contributed by atoms with Crippen molar-refractivity contribution in [2.24, 2.45) is 0 Å². The Balaban J connectivity index is 0.000000347. The summed E-state index contributed by atoms with van der Waals surface area (Å²) in [4.78, 5) is 15.9. The topological polar surface area (TPSA) is 57.7 Å². The van der Waals surface area contributed by atoms with Gasteiger partial charge >= 0.3 is 48.5 Å². The number of ether oxygens (including phenoxy) is 3. The van der Waals surface area contributed by atoms with Gasteiger partial charge in [0.25, 0.3) is 0 Å². The van der Waals surface area contributed by atoms with Crippen molar-refractivity contribution < 1.29 is 19.0 Å². The standard InChI is InChI=1S/C9H11NO4S.C4H9.Li/c1-2-12-8(11)6-5-10-7(15-6)9-13-3-4-14-9;1-3-4-2;/h5,9H,2-4H2,1H3;1,3-4H2,2H3;. The molecule has 1 fully saturated rings. The maximum absolute atomic E-state index is 11.3. The van der Waals surface area contributed by atoms with Crippen LogP contribution in [0.15, 0.2) is 6.20 Å². The van der Waals surface area contributed by atoms with Crippen LogP contribution in [0.4, 0.5) is 0 Å². The average Bonchev–Trinajstić information content (AvgIpc) is 3.12. The second-order valence-corrected chi connectivity index (χ2v) is 5.27. The SMILES string of the molecule is CCOC(=O)c1cnc(C2OCCO2)s1.[Li][CH2]CCC. The summed E-state index contributed by atoms with van der Waals surface area (Å²) in [6.45, 7) is 5.48. The molecule has 0 aliphatic carbocycles. The van der Waals surface area contributed by atoms with Crippen molar-refractivity contribution in [3.63, 3.8) is 0 Å². The normalized spacial score (nSPS) is 14.8. The molecule has 20 heavy (non-hydrogen) atoms. The summed E-state index contributed by atoms with van der Waals surface area (Å²) < 4.78 is 15.4. The van der Waals surface area contributed by atoms with Gasteiger partial charge in [0.05, 0.1) is 26.0 Å². The van der Waals surface area contributed by atoms with E-state index in [4.69, 9.17) is 14.2 Å². The van der Waals surface area contributed by atoms with Crippen molar-refractivity contribution in [1.29, 1.82) is 0 Å². The molecule has 5 nitrogen and oxygen atoms in total. The van der Waals surface area contributed by atoms with Crippen LogP contribution in [0.5, 0.6) is 0 Å². The van der Waals surface area contributed by atoms with Crippen LogP contribution in [0.1, 0.15) is 47.7 Å². The molecular weight excluding hydrogens is 273 g/mol. The number of aromatic nitrogens is 1. The molecule has 0 unspecified atom stereocenters. The first kappa shape index (κ1) is 17.7. The first-order valence-electron chi connectivity index (χ1n) is 7.08. The Morgan fingerprint density at radius 3 is 2.70 bits per heavy atom. The third-order valence-corrected chi connectivity index (χ3v) is 3.53. The minimum absolute atomic E-state index is 0.348. The molecule has 1 aliphatic rings. The quantitative estimate of drug-likeness (QED) is 0.617. The Labute approximate surface area is 133 Å². The Kier molecular flexibility index (Phi) is 9.15. The molecule has 0 saturated carbocycles. The molecule has 1 aliphatic heterocycles. The summed E-state index contributed by atoms with van der Waals surface area (Å²) in [7, 11) is 0. The van der Waals surface area contributed by atoms with Gasteiger partial charge in [-0.25, -0.2) is 9.78 Å². The molecule has 0 amide bonds. The van der Waals surface area contributed by atoms with E-state index in [0.717, 1.165) is 0 Å². The first-order chi connectivity index (χ1) is 9.72. The summed E-state index contributed by atoms with van der Waals surface area (Å²) in [5.41, 5.74) is 0. The van der Waals surface area contributed by atoms with Gasteiger partial charge in [0.1, 0.15) is 9.88 Å². The van der Waals surface area contributed by atoms with Crippen molar-refractivity contribution in [3.05, 3.63) is 16.1 Å². The second-order valence-electron chi connectivity index (χ2n) is 4.21. The van der Waals surface area contributed by atoms with Crippen LogP contribution < -0.4 is 0 Å². The van der Waals surface area contributed by atoms with Crippen LogP contribution in [-0.4, -0.2) is 48.5 Å². The van der Waals surface area contributed by atoms with E-state index in [1.165, 1.54) is 35.5 Å². The third kappa shape index (κ3) is 5.94. The zero-order valence-electron chi connectivity index (χ0n) is 12.4. The molecule has 0 radical (unpaired) electrons. The van der Waals surface area contributed by atoms with E-state index in [1.807, 2.05) is 0 Å². The summed E-state index contributed by atoms with van der Waals surface area (Å²) in [5.74, 6) is -0.348. The molecule has 1 aromatic heterocycles. The molecule has 0 bridgehead atoms. The van der Waals surface area contributed by atoms with Gasteiger partial charge in [-0.3, -0.25) is 0 Å². The van der Waals surface area contributed by atoms with Gasteiger partial charge in [-0.1, -0.05) is 0 Å². The van der Waals surface area contributed by atoms with Crippen LogP contribution in [-0.2, 0) is 14.2 Å². The molecule has 0 spiro atoms. The molecule has 0 atom stereocenters. The van der Waals surface area contributed by atoms with E-state index in [9.17, 15) is 4.79 Å². The zero-order valence-corrected chi connectivity index (χ0v) is 13.2. The van der Waals surface area contributed by atoms with Crippen LogP contribution in [0.3, 0.4) is 0 Å². The molecule has 1 aromatic rings. The number of rotatable bonds is 5. The Hall–Kier alpha value is -0.383. The number of hydrogen-bond acceptors (Lipinski definition) is 6. The van der Waals surface area contributed by atoms with Gasteiger partial charge < -0.3 is 14.2 Å². The fourth-order valence-electron chi connectivity index (χ4n) is 1.55. The Morgan fingerprint density at radius 1 is 1.50 bits per heavy atom. The predicted molar refractivity (Wildman–Crippen MR) is 78.2 cm³/mol. The molecule has 2 rings (SSSR count). The van der Waals surface area contributed by atoms with Crippen molar-refractivity contribution in [2.45, 2.75) is 38.1 Å². The van der Waals surface area contributed by atoms with Crippen molar-refractivity contribution >= 4 is 35.0 Å². The Bertz CT molecular complexity index is 391. The van der Waals surface area contributed by atoms with E-state index in [0.29, 0.717) is 29.7 Å². The van der Waals surface area contributed by atoms with E-state index >= 15 is 0 Å². The van der Waals surface area contributed by atoms with Crippen molar-refractivity contribution in [1.82, 2.24) is 4.98 Å². The van der Waals surface area contributed by atoms with Gasteiger partial charge in [-0.05, 0) is 6.92 Å². The van der Waals surface area contributed by atoms with Gasteiger partial charge in [-0.2, -0.15) is 0 Å². The molecule has 7 heteroatoms. The number of carbonyl (C=O) groups is 1. The molecule has 2 heterocycles. The number of hydrogen-bond donors (Lipinski definition) is 0. The van der Waals surface area contributed by atoms with Crippen LogP contribution in [0, 0.1) is 0 Å². The number of nitrogens with zero attached hydrogens (tertiary/aromatic N) is 1. The first-order valence-corrected chi connectivity index (χ1v) is 7.90. The molecule has 1 saturated heterocycles. The number of thiazole rings is 1. The minimum atomic E-state index is -0.418. The molecular formula is C13H20LiNO4S. The van der Waals surface area contributed by atoms with Gasteiger partial charge in [-0.15, -0.1) is 11.3 Å². The Morgan fingerprint density at radius 2 is 2.20 bits per heavy atom. The summed E-state index contributed by atoms with van der Waals surface area (Å²) in [6.07, 6.45) is 3.80. The van der Waals surface area contributed by atoms with Crippen molar-refractivity contribution in [2.75, 3.05) is 19.8 Å². The summed E-state index contributed by atoms with van der Waals surface area (Å²) in [5, 5.41) is 2.01. The second kappa shape index (κ2) is 10.4. The third-order valence-electron chi connectivity index (χ3n) is 2.53. The van der Waals surface area contributed by atoms with Gasteiger partial charge in [0.2, 0.25) is 6.29 Å². The van der Waals surface area contributed by atoms with E-state index in [1.54, 1.807) is 6.92 Å². The van der Waals surface area contributed by atoms with Crippen LogP contribution >= 0.6 is 11.3 Å². The van der Waals surface area contributed by atoms with E-state index in [-0.39, 0.29) is 5.97 Å². The van der Waals surface area contributed by atoms with Crippen molar-refractivity contribution in [3.8, 4) is 0 Å². The number of unbranched alkanes of at least 4 members (excludes halogenated alkanes) is 1. The van der Waals surface area contributed by atoms with E-state index in [2.05, 4.69) is 29.6 Å².